The molecule has 192 valence electrons. The van der Waals surface area contributed by atoms with Crippen LogP contribution in [0.2, 0.25) is 10.0 Å². The van der Waals surface area contributed by atoms with Crippen LogP contribution in [0.5, 0.6) is 17.2 Å². The van der Waals surface area contributed by atoms with Crippen LogP contribution in [0, 0.1) is 0 Å². The van der Waals surface area contributed by atoms with Crippen LogP contribution < -0.4 is 19.5 Å². The number of rotatable bonds is 12. The first kappa shape index (κ1) is 27.3. The molecule has 0 aliphatic carbocycles. The van der Waals surface area contributed by atoms with Crippen molar-refractivity contribution >= 4 is 29.1 Å². The Labute approximate surface area is 215 Å². The highest BCUT2D eigenvalue weighted by molar-refractivity contribution is 6.32. The second kappa shape index (κ2) is 13.2. The number of nitrogens with zero attached hydrogens (tertiary/aromatic N) is 2. The number of hydroxylamine groups is 2. The second-order valence-electron chi connectivity index (χ2n) is 8.31. The summed E-state index contributed by atoms with van der Waals surface area (Å²) < 4.78 is 17.4. The second-order valence-corrected chi connectivity index (χ2v) is 9.15. The molecule has 35 heavy (non-hydrogen) atoms. The van der Waals surface area contributed by atoms with Crippen molar-refractivity contribution in [1.29, 1.82) is 0 Å². The molecule has 1 aliphatic heterocycles. The molecule has 1 saturated heterocycles. The van der Waals surface area contributed by atoms with Gasteiger partial charge in [0.25, 0.3) is 5.91 Å². The Morgan fingerprint density at radius 3 is 2.66 bits per heavy atom. The summed E-state index contributed by atoms with van der Waals surface area (Å²) in [6.45, 7) is 2.09. The molecule has 0 radical (unpaired) electrons. The minimum Gasteiger partial charge on any atom is -0.491 e. The van der Waals surface area contributed by atoms with Crippen LogP contribution in [-0.2, 0) is 4.84 Å². The number of benzene rings is 2. The van der Waals surface area contributed by atoms with E-state index in [0.717, 1.165) is 0 Å². The molecule has 2 atom stereocenters. The van der Waals surface area contributed by atoms with E-state index in [1.165, 1.54) is 13.1 Å². The minimum atomic E-state index is -0.879. The molecule has 0 bridgehead atoms. The number of halogens is 2. The van der Waals surface area contributed by atoms with Crippen LogP contribution in [0.4, 0.5) is 0 Å². The number of amides is 1. The van der Waals surface area contributed by atoms with Gasteiger partial charge in [-0.25, -0.2) is 0 Å². The lowest BCUT2D eigenvalue weighted by Crippen LogP contribution is -2.35. The fraction of sp³-hybridized carbons (Fsp3) is 0.458. The Hall–Kier alpha value is -2.27. The molecule has 3 rings (SSSR count). The molecule has 1 aliphatic rings. The lowest BCUT2D eigenvalue weighted by atomic mass is 10.1. The maximum Gasteiger partial charge on any atom is 0.254 e. The van der Waals surface area contributed by atoms with E-state index >= 15 is 0 Å². The van der Waals surface area contributed by atoms with Gasteiger partial charge in [-0.05, 0) is 44.4 Å². The Balaban J connectivity index is 1.55. The van der Waals surface area contributed by atoms with Gasteiger partial charge in [0.1, 0.15) is 49.3 Å². The van der Waals surface area contributed by atoms with Gasteiger partial charge in [-0.2, -0.15) is 5.06 Å². The Morgan fingerprint density at radius 1 is 1.23 bits per heavy atom. The number of β-amino-alcohol motifs (C(OH)–C–C–N with tert-alkyl or cyclic N) is 1. The van der Waals surface area contributed by atoms with E-state index in [-0.39, 0.29) is 36.5 Å². The summed E-state index contributed by atoms with van der Waals surface area (Å²) in [5.74, 6) is 0.998. The topological polar surface area (TPSA) is 92.7 Å². The predicted molar refractivity (Wildman–Crippen MR) is 134 cm³/mol. The highest BCUT2D eigenvalue weighted by Crippen LogP contribution is 2.33. The van der Waals surface area contributed by atoms with Crippen molar-refractivity contribution in [2.24, 2.45) is 0 Å². The first-order valence-corrected chi connectivity index (χ1v) is 11.9. The van der Waals surface area contributed by atoms with Crippen LogP contribution in [0.15, 0.2) is 36.4 Å². The molecule has 1 amide bonds. The molecule has 2 aromatic carbocycles. The summed E-state index contributed by atoms with van der Waals surface area (Å²) in [5, 5.41) is 15.7. The molecule has 0 aromatic heterocycles. The predicted octanol–water partition coefficient (Wildman–Crippen LogP) is 2.73. The zero-order chi connectivity index (χ0) is 25.4. The van der Waals surface area contributed by atoms with E-state index in [1.54, 1.807) is 35.4 Å². The van der Waals surface area contributed by atoms with Crippen molar-refractivity contribution in [1.82, 2.24) is 15.3 Å². The molecule has 0 unspecified atom stereocenters. The average Bonchev–Trinajstić information content (AvgIpc) is 3.26. The van der Waals surface area contributed by atoms with Gasteiger partial charge in [-0.15, -0.1) is 0 Å². The van der Waals surface area contributed by atoms with Gasteiger partial charge in [-0.3, -0.25) is 9.63 Å². The first-order chi connectivity index (χ1) is 16.7. The van der Waals surface area contributed by atoms with Crippen molar-refractivity contribution in [3.63, 3.8) is 0 Å². The maximum atomic E-state index is 12.3. The summed E-state index contributed by atoms with van der Waals surface area (Å²) in [6, 6.07) is 10.2. The molecular weight excluding hydrogens is 497 g/mol. The van der Waals surface area contributed by atoms with Crippen LogP contribution in [0.1, 0.15) is 10.4 Å². The van der Waals surface area contributed by atoms with Gasteiger partial charge in [0.15, 0.2) is 0 Å². The van der Waals surface area contributed by atoms with Crippen molar-refractivity contribution in [3.8, 4) is 17.2 Å². The SMILES string of the molecule is CNC(=O)c1cc(Cl)c(OCCN(C)C)cc1OC[C@@H](O)CN1C[C@@H](Oc2ccc(Cl)cc2)CO1. The molecule has 9 nitrogen and oxygen atoms in total. The maximum absolute atomic E-state index is 12.3. The molecule has 0 saturated carbocycles. The minimum absolute atomic E-state index is 0.0642. The van der Waals surface area contributed by atoms with Crippen molar-refractivity contribution in [3.05, 3.63) is 52.0 Å². The van der Waals surface area contributed by atoms with Crippen molar-refractivity contribution in [2.45, 2.75) is 12.2 Å². The fourth-order valence-corrected chi connectivity index (χ4v) is 3.66. The van der Waals surface area contributed by atoms with E-state index < -0.39 is 6.10 Å². The van der Waals surface area contributed by atoms with Crippen LogP contribution in [-0.4, -0.2) is 93.8 Å². The van der Waals surface area contributed by atoms with Gasteiger partial charge in [-0.1, -0.05) is 23.2 Å². The number of carbonyl (C=O) groups is 1. The van der Waals surface area contributed by atoms with Crippen LogP contribution in [0.25, 0.3) is 0 Å². The van der Waals surface area contributed by atoms with E-state index in [2.05, 4.69) is 5.32 Å². The number of nitrogens with one attached hydrogen (secondary N) is 1. The average molecular weight is 528 g/mol. The number of ether oxygens (including phenoxy) is 3. The molecule has 1 heterocycles. The quantitative estimate of drug-likeness (QED) is 0.435. The zero-order valence-electron chi connectivity index (χ0n) is 20.0. The number of aliphatic hydroxyl groups is 1. The number of hydrogen-bond donors (Lipinski definition) is 2. The van der Waals surface area contributed by atoms with E-state index in [0.29, 0.717) is 47.8 Å². The van der Waals surface area contributed by atoms with E-state index in [9.17, 15) is 9.90 Å². The van der Waals surface area contributed by atoms with Crippen molar-refractivity contribution < 1.29 is 28.9 Å². The summed E-state index contributed by atoms with van der Waals surface area (Å²) in [4.78, 5) is 19.9. The molecule has 0 spiro atoms. The smallest absolute Gasteiger partial charge is 0.254 e. The Kier molecular flexibility index (Phi) is 10.3. The molecule has 2 N–H and O–H groups in total. The van der Waals surface area contributed by atoms with E-state index in [1.807, 2.05) is 19.0 Å². The van der Waals surface area contributed by atoms with Crippen LogP contribution in [0.3, 0.4) is 0 Å². The number of likely N-dealkylation sites (N-methyl/N-ethyl adjacent to an activating group) is 1. The highest BCUT2D eigenvalue weighted by atomic mass is 35.5. The molecule has 2 aromatic rings. The number of hydrogen-bond acceptors (Lipinski definition) is 8. The molecule has 1 fully saturated rings. The molecule has 11 heteroatoms. The lowest BCUT2D eigenvalue weighted by molar-refractivity contribution is -0.131. The van der Waals surface area contributed by atoms with Gasteiger partial charge >= 0.3 is 0 Å². The number of carbonyl (C=O) groups excluding carboxylic acids is 1. The largest absolute Gasteiger partial charge is 0.491 e. The standard InChI is InChI=1S/C24H31Cl2N3O6/c1-27-24(31)20-10-21(26)23(32-9-8-28(2)3)11-22(20)33-14-17(30)12-29-13-19(15-34-29)35-18-6-4-16(25)5-7-18/h4-7,10-11,17,19,30H,8-9,12-15H2,1-3H3,(H,27,31)/t17-,19+/m0/s1. The van der Waals surface area contributed by atoms with Gasteiger partial charge in [0.05, 0.1) is 23.7 Å². The first-order valence-electron chi connectivity index (χ1n) is 11.2. The Bertz CT molecular complexity index is 976. The third kappa shape index (κ3) is 8.42. The van der Waals surface area contributed by atoms with Crippen molar-refractivity contribution in [2.75, 3.05) is 60.6 Å². The third-order valence-corrected chi connectivity index (χ3v) is 5.66. The lowest BCUT2D eigenvalue weighted by Gasteiger charge is -2.20. The highest BCUT2D eigenvalue weighted by Gasteiger charge is 2.27. The van der Waals surface area contributed by atoms with Gasteiger partial charge in [0.2, 0.25) is 0 Å². The zero-order valence-corrected chi connectivity index (χ0v) is 21.5. The monoisotopic (exact) mass is 527 g/mol. The van der Waals surface area contributed by atoms with Gasteiger partial charge < -0.3 is 29.5 Å². The summed E-state index contributed by atoms with van der Waals surface area (Å²) in [7, 11) is 5.39. The summed E-state index contributed by atoms with van der Waals surface area (Å²) in [6.07, 6.45) is -1.06. The van der Waals surface area contributed by atoms with E-state index in [4.69, 9.17) is 42.3 Å². The summed E-state index contributed by atoms with van der Waals surface area (Å²) >= 11 is 12.2. The number of aliphatic hydroxyl groups excluding tert-OH is 1. The molecular formula is C24H31Cl2N3O6. The summed E-state index contributed by atoms with van der Waals surface area (Å²) in [5.41, 5.74) is 0.249. The third-order valence-electron chi connectivity index (χ3n) is 5.11. The van der Waals surface area contributed by atoms with Gasteiger partial charge in [0, 0.05) is 24.7 Å². The fourth-order valence-electron chi connectivity index (χ4n) is 3.31. The normalized spacial score (nSPS) is 16.8. The Morgan fingerprint density at radius 2 is 1.97 bits per heavy atom. The van der Waals surface area contributed by atoms with Crippen LogP contribution >= 0.6 is 23.2 Å².